The van der Waals surface area contributed by atoms with E-state index < -0.39 is 0 Å². The Morgan fingerprint density at radius 2 is 2.26 bits per heavy atom. The minimum absolute atomic E-state index is 0.0372. The van der Waals surface area contributed by atoms with Gasteiger partial charge in [-0.3, -0.25) is 4.79 Å². The van der Waals surface area contributed by atoms with Gasteiger partial charge >= 0.3 is 0 Å². The zero-order chi connectivity index (χ0) is 14.0. The fraction of sp³-hybridized carbons (Fsp3) is 0.533. The molecule has 3 nitrogen and oxygen atoms in total. The van der Waals surface area contributed by atoms with Crippen LogP contribution in [-0.2, 0) is 0 Å². The fourth-order valence-electron chi connectivity index (χ4n) is 2.65. The summed E-state index contributed by atoms with van der Waals surface area (Å²) in [5.41, 5.74) is 1.76. The van der Waals surface area contributed by atoms with Crippen LogP contribution in [0.5, 0.6) is 0 Å². The van der Waals surface area contributed by atoms with Crippen molar-refractivity contribution < 1.29 is 9.90 Å². The van der Waals surface area contributed by atoms with Crippen molar-refractivity contribution in [2.75, 3.05) is 19.4 Å². The average molecular weight is 279 g/mol. The van der Waals surface area contributed by atoms with E-state index in [1.807, 2.05) is 36.3 Å². The van der Waals surface area contributed by atoms with Crippen molar-refractivity contribution in [2.45, 2.75) is 31.2 Å². The maximum absolute atomic E-state index is 12.7. The summed E-state index contributed by atoms with van der Waals surface area (Å²) in [6.45, 7) is 4.85. The molecule has 1 N–H and O–H groups in total. The molecule has 1 amide bonds. The van der Waals surface area contributed by atoms with E-state index >= 15 is 0 Å². The highest BCUT2D eigenvalue weighted by atomic mass is 32.2. The molecule has 0 radical (unpaired) electrons. The van der Waals surface area contributed by atoms with Crippen LogP contribution in [0.15, 0.2) is 23.1 Å². The number of aliphatic hydroxyl groups is 1. The molecule has 1 aromatic rings. The third-order valence-electron chi connectivity index (χ3n) is 4.01. The van der Waals surface area contributed by atoms with E-state index in [2.05, 4.69) is 6.92 Å². The third kappa shape index (κ3) is 2.79. The van der Waals surface area contributed by atoms with Gasteiger partial charge in [0.05, 0.1) is 12.6 Å². The molecule has 2 unspecified atom stereocenters. The van der Waals surface area contributed by atoms with E-state index in [4.69, 9.17) is 0 Å². The zero-order valence-electron chi connectivity index (χ0n) is 11.7. The molecule has 104 valence electrons. The fourth-order valence-corrected chi connectivity index (χ4v) is 3.09. The second-order valence-corrected chi connectivity index (χ2v) is 6.07. The van der Waals surface area contributed by atoms with Crippen LogP contribution in [-0.4, -0.2) is 41.4 Å². The van der Waals surface area contributed by atoms with Crippen LogP contribution in [0.4, 0.5) is 0 Å². The van der Waals surface area contributed by atoms with Gasteiger partial charge in [-0.1, -0.05) is 13.0 Å². The number of benzene rings is 1. The van der Waals surface area contributed by atoms with Crippen LogP contribution in [0.1, 0.15) is 29.3 Å². The number of likely N-dealkylation sites (tertiary alicyclic amines) is 1. The Kier molecular flexibility index (Phi) is 4.53. The number of rotatable bonds is 3. The van der Waals surface area contributed by atoms with E-state index in [-0.39, 0.29) is 18.6 Å². The number of thioether (sulfide) groups is 1. The molecule has 1 aromatic carbocycles. The molecule has 1 heterocycles. The van der Waals surface area contributed by atoms with Gasteiger partial charge in [-0.15, -0.1) is 11.8 Å². The molecule has 2 atom stereocenters. The molecule has 19 heavy (non-hydrogen) atoms. The number of aryl methyl sites for hydroxylation is 1. The third-order valence-corrected chi connectivity index (χ3v) is 4.73. The van der Waals surface area contributed by atoms with Crippen LogP contribution in [0.2, 0.25) is 0 Å². The number of carbonyl (C=O) groups excluding carboxylic acids is 1. The number of hydrogen-bond acceptors (Lipinski definition) is 3. The molecule has 4 heteroatoms. The lowest BCUT2D eigenvalue weighted by Crippen LogP contribution is -2.40. The molecule has 0 aromatic heterocycles. The van der Waals surface area contributed by atoms with Gasteiger partial charge in [-0.2, -0.15) is 0 Å². The van der Waals surface area contributed by atoms with Crippen LogP contribution < -0.4 is 0 Å². The van der Waals surface area contributed by atoms with E-state index in [0.717, 1.165) is 29.0 Å². The van der Waals surface area contributed by atoms with Crippen molar-refractivity contribution >= 4 is 17.7 Å². The van der Waals surface area contributed by atoms with Gasteiger partial charge in [0.15, 0.2) is 0 Å². The van der Waals surface area contributed by atoms with Crippen molar-refractivity contribution in [1.82, 2.24) is 4.90 Å². The van der Waals surface area contributed by atoms with Gasteiger partial charge in [-0.05, 0) is 43.2 Å². The summed E-state index contributed by atoms with van der Waals surface area (Å²) in [6.07, 6.45) is 2.98. The smallest absolute Gasteiger partial charge is 0.254 e. The minimum atomic E-state index is -0.0372. The van der Waals surface area contributed by atoms with Crippen LogP contribution in [0.25, 0.3) is 0 Å². The lowest BCUT2D eigenvalue weighted by molar-refractivity contribution is 0.0647. The SMILES string of the molecule is CSc1ccc(C)c(C(=O)N2CCC(C)C2CO)c1. The standard InChI is InChI=1S/C15H21NO2S/c1-10-4-5-12(19-3)8-13(10)15(18)16-7-6-11(2)14(16)9-17/h4-5,8,11,14,17H,6-7,9H2,1-3H3. The first-order valence-electron chi connectivity index (χ1n) is 6.65. The Balaban J connectivity index is 2.29. The molecule has 1 aliphatic rings. The quantitative estimate of drug-likeness (QED) is 0.865. The predicted molar refractivity (Wildman–Crippen MR) is 78.7 cm³/mol. The predicted octanol–water partition coefficient (Wildman–Crippen LogP) is 2.56. The normalized spacial score (nSPS) is 22.8. The topological polar surface area (TPSA) is 40.5 Å². The van der Waals surface area contributed by atoms with Gasteiger partial charge in [-0.25, -0.2) is 0 Å². The van der Waals surface area contributed by atoms with Crippen molar-refractivity contribution in [2.24, 2.45) is 5.92 Å². The van der Waals surface area contributed by atoms with Crippen LogP contribution in [0.3, 0.4) is 0 Å². The molecule has 1 aliphatic heterocycles. The van der Waals surface area contributed by atoms with Crippen LogP contribution >= 0.6 is 11.8 Å². The van der Waals surface area contributed by atoms with Crippen molar-refractivity contribution in [1.29, 1.82) is 0 Å². The number of nitrogens with zero attached hydrogens (tertiary/aromatic N) is 1. The highest BCUT2D eigenvalue weighted by Gasteiger charge is 2.34. The molecule has 1 fully saturated rings. The molecular weight excluding hydrogens is 258 g/mol. The summed E-state index contributed by atoms with van der Waals surface area (Å²) < 4.78 is 0. The Hall–Kier alpha value is -1.00. The highest BCUT2D eigenvalue weighted by molar-refractivity contribution is 7.98. The average Bonchev–Trinajstić information content (AvgIpc) is 2.79. The summed E-state index contributed by atoms with van der Waals surface area (Å²) >= 11 is 1.64. The van der Waals surface area contributed by atoms with Gasteiger partial charge in [0, 0.05) is 17.0 Å². The van der Waals surface area contributed by atoms with Gasteiger partial charge in [0.1, 0.15) is 0 Å². The van der Waals surface area contributed by atoms with E-state index in [1.165, 1.54) is 0 Å². The lowest BCUT2D eigenvalue weighted by Gasteiger charge is -2.26. The van der Waals surface area contributed by atoms with Gasteiger partial charge < -0.3 is 10.0 Å². The number of hydrogen-bond donors (Lipinski definition) is 1. The maximum Gasteiger partial charge on any atom is 0.254 e. The minimum Gasteiger partial charge on any atom is -0.394 e. The summed E-state index contributed by atoms with van der Waals surface area (Å²) in [4.78, 5) is 15.6. The maximum atomic E-state index is 12.7. The summed E-state index contributed by atoms with van der Waals surface area (Å²) in [5, 5.41) is 9.47. The second-order valence-electron chi connectivity index (χ2n) is 5.20. The Morgan fingerprint density at radius 1 is 1.53 bits per heavy atom. The zero-order valence-corrected chi connectivity index (χ0v) is 12.5. The summed E-state index contributed by atoms with van der Waals surface area (Å²) in [5.74, 6) is 0.426. The summed E-state index contributed by atoms with van der Waals surface area (Å²) in [6, 6.07) is 5.95. The van der Waals surface area contributed by atoms with Crippen LogP contribution in [0, 0.1) is 12.8 Å². The molecule has 0 spiro atoms. The van der Waals surface area contributed by atoms with Crippen molar-refractivity contribution in [3.05, 3.63) is 29.3 Å². The van der Waals surface area contributed by atoms with Crippen molar-refractivity contribution in [3.63, 3.8) is 0 Å². The Morgan fingerprint density at radius 3 is 2.89 bits per heavy atom. The Labute approximate surface area is 119 Å². The number of aliphatic hydroxyl groups excluding tert-OH is 1. The number of carbonyl (C=O) groups is 1. The first-order chi connectivity index (χ1) is 9.08. The van der Waals surface area contributed by atoms with E-state index in [0.29, 0.717) is 5.92 Å². The van der Waals surface area contributed by atoms with Gasteiger partial charge in [0.2, 0.25) is 0 Å². The Bertz CT molecular complexity index is 475. The molecular formula is C15H21NO2S. The van der Waals surface area contributed by atoms with E-state index in [9.17, 15) is 9.90 Å². The molecule has 1 saturated heterocycles. The molecule has 0 saturated carbocycles. The van der Waals surface area contributed by atoms with Crippen molar-refractivity contribution in [3.8, 4) is 0 Å². The summed E-state index contributed by atoms with van der Waals surface area (Å²) in [7, 11) is 0. The first-order valence-corrected chi connectivity index (χ1v) is 7.87. The lowest BCUT2D eigenvalue weighted by atomic mass is 10.0. The monoisotopic (exact) mass is 279 g/mol. The van der Waals surface area contributed by atoms with E-state index in [1.54, 1.807) is 11.8 Å². The largest absolute Gasteiger partial charge is 0.394 e. The first kappa shape index (κ1) is 14.4. The second kappa shape index (κ2) is 5.97. The highest BCUT2D eigenvalue weighted by Crippen LogP contribution is 2.27. The van der Waals surface area contributed by atoms with Gasteiger partial charge in [0.25, 0.3) is 5.91 Å². The molecule has 0 aliphatic carbocycles. The molecule has 0 bridgehead atoms. The molecule has 2 rings (SSSR count). The number of amides is 1.